The average molecular weight is 247 g/mol. The number of aromatic nitrogens is 1. The van der Waals surface area contributed by atoms with Gasteiger partial charge in [0.2, 0.25) is 0 Å². The van der Waals surface area contributed by atoms with Crippen LogP contribution >= 0.6 is 0 Å². The lowest BCUT2D eigenvalue weighted by Crippen LogP contribution is -2.26. The number of hydrogen-bond acceptors (Lipinski definition) is 2. The smallest absolute Gasteiger partial charge is 0.314 e. The third kappa shape index (κ3) is 4.20. The van der Waals surface area contributed by atoms with E-state index in [1.165, 1.54) is 0 Å². The second-order valence-corrected chi connectivity index (χ2v) is 5.34. The van der Waals surface area contributed by atoms with Gasteiger partial charge in [0.05, 0.1) is 0 Å². The maximum atomic E-state index is 11.7. The van der Waals surface area contributed by atoms with Crippen LogP contribution < -0.4 is 10.6 Å². The molecule has 2 amide bonds. The Bertz CT molecular complexity index is 458. The quantitative estimate of drug-likeness (QED) is 0.840. The summed E-state index contributed by atoms with van der Waals surface area (Å²) in [5.41, 5.74) is 2.09. The lowest BCUT2D eigenvalue weighted by Gasteiger charge is -2.19. The van der Waals surface area contributed by atoms with Crippen molar-refractivity contribution >= 4 is 11.8 Å². The molecule has 1 aromatic rings. The first kappa shape index (κ1) is 14.2. The zero-order valence-corrected chi connectivity index (χ0v) is 11.7. The van der Waals surface area contributed by atoms with Gasteiger partial charge in [-0.3, -0.25) is 5.32 Å². The summed E-state index contributed by atoms with van der Waals surface area (Å²) >= 11 is 0. The Labute approximate surface area is 109 Å². The molecular weight excluding hydrogens is 226 g/mol. The standard InChI is InChI=1S/C14H21N3O/c1-10-7-6-8-15-12(10)17-13(18)16-9-11(2)14(3,4)5/h6-9H,1-5H3,(H2,15,16,17,18)/b11-9+. The molecule has 0 aliphatic heterocycles. The Kier molecular flexibility index (Phi) is 4.48. The SMILES string of the molecule is C/C(=C\NC(=O)Nc1ncccc1C)C(C)(C)C. The minimum Gasteiger partial charge on any atom is -0.314 e. The van der Waals surface area contributed by atoms with E-state index in [0.29, 0.717) is 5.82 Å². The number of hydrogen-bond donors (Lipinski definition) is 2. The number of allylic oxidation sites excluding steroid dienone is 1. The van der Waals surface area contributed by atoms with Crippen LogP contribution in [0, 0.1) is 12.3 Å². The third-order valence-electron chi connectivity index (χ3n) is 2.84. The zero-order chi connectivity index (χ0) is 13.8. The van der Waals surface area contributed by atoms with E-state index in [2.05, 4.69) is 36.4 Å². The fraction of sp³-hybridized carbons (Fsp3) is 0.429. The summed E-state index contributed by atoms with van der Waals surface area (Å²) in [4.78, 5) is 15.8. The van der Waals surface area contributed by atoms with E-state index in [9.17, 15) is 4.79 Å². The number of amides is 2. The molecule has 0 fully saturated rings. The van der Waals surface area contributed by atoms with Crippen LogP contribution in [0.4, 0.5) is 10.6 Å². The predicted molar refractivity (Wildman–Crippen MR) is 74.3 cm³/mol. The summed E-state index contributed by atoms with van der Waals surface area (Å²) in [5.74, 6) is 0.580. The first-order valence-corrected chi connectivity index (χ1v) is 5.97. The highest BCUT2D eigenvalue weighted by atomic mass is 16.2. The molecule has 4 nitrogen and oxygen atoms in total. The largest absolute Gasteiger partial charge is 0.324 e. The Morgan fingerprint density at radius 2 is 2.06 bits per heavy atom. The molecule has 1 heterocycles. The number of pyridine rings is 1. The van der Waals surface area contributed by atoms with Crippen LogP contribution in [0.1, 0.15) is 33.3 Å². The monoisotopic (exact) mass is 247 g/mol. The number of nitrogens with zero attached hydrogens (tertiary/aromatic N) is 1. The molecule has 0 atom stereocenters. The summed E-state index contributed by atoms with van der Waals surface area (Å²) < 4.78 is 0. The van der Waals surface area contributed by atoms with Crippen molar-refractivity contribution in [2.75, 3.05) is 5.32 Å². The van der Waals surface area contributed by atoms with Crippen LogP contribution in [-0.4, -0.2) is 11.0 Å². The highest BCUT2D eigenvalue weighted by Crippen LogP contribution is 2.23. The summed E-state index contributed by atoms with van der Waals surface area (Å²) in [6.07, 6.45) is 3.38. The van der Waals surface area contributed by atoms with Crippen LogP contribution in [-0.2, 0) is 0 Å². The van der Waals surface area contributed by atoms with Crippen LogP contribution in [0.15, 0.2) is 30.1 Å². The number of nitrogens with one attached hydrogen (secondary N) is 2. The fourth-order valence-electron chi connectivity index (χ4n) is 1.15. The maximum Gasteiger partial charge on any atom is 0.324 e. The lowest BCUT2D eigenvalue weighted by atomic mass is 9.88. The van der Waals surface area contributed by atoms with Gasteiger partial charge in [0, 0.05) is 12.4 Å². The number of carbonyl (C=O) groups is 1. The molecular formula is C14H21N3O. The van der Waals surface area contributed by atoms with Crippen molar-refractivity contribution in [2.24, 2.45) is 5.41 Å². The van der Waals surface area contributed by atoms with Gasteiger partial charge in [-0.2, -0.15) is 0 Å². The van der Waals surface area contributed by atoms with Crippen molar-refractivity contribution < 1.29 is 4.79 Å². The van der Waals surface area contributed by atoms with E-state index >= 15 is 0 Å². The summed E-state index contributed by atoms with van der Waals surface area (Å²) in [7, 11) is 0. The Balaban J connectivity index is 2.61. The van der Waals surface area contributed by atoms with Crippen molar-refractivity contribution in [3.05, 3.63) is 35.7 Å². The molecule has 2 N–H and O–H groups in total. The first-order chi connectivity index (χ1) is 8.30. The van der Waals surface area contributed by atoms with Crippen molar-refractivity contribution in [1.82, 2.24) is 10.3 Å². The molecule has 0 saturated carbocycles. The molecule has 0 spiro atoms. The summed E-state index contributed by atoms with van der Waals surface area (Å²) in [6, 6.07) is 3.46. The molecule has 0 aliphatic rings. The topological polar surface area (TPSA) is 54.0 Å². The average Bonchev–Trinajstić information content (AvgIpc) is 2.27. The normalized spacial score (nSPS) is 12.2. The number of urea groups is 1. The van der Waals surface area contributed by atoms with Gasteiger partial charge in [0.15, 0.2) is 0 Å². The molecule has 98 valence electrons. The Hall–Kier alpha value is -1.84. The maximum absolute atomic E-state index is 11.7. The third-order valence-corrected chi connectivity index (χ3v) is 2.84. The van der Waals surface area contributed by atoms with Crippen molar-refractivity contribution in [2.45, 2.75) is 34.6 Å². The molecule has 4 heteroatoms. The molecule has 0 radical (unpaired) electrons. The van der Waals surface area contributed by atoms with E-state index in [1.54, 1.807) is 12.4 Å². The molecule has 0 saturated heterocycles. The molecule has 0 unspecified atom stereocenters. The molecule has 18 heavy (non-hydrogen) atoms. The Morgan fingerprint density at radius 3 is 2.61 bits per heavy atom. The van der Waals surface area contributed by atoms with Crippen molar-refractivity contribution in [3.8, 4) is 0 Å². The van der Waals surface area contributed by atoms with Crippen LogP contribution in [0.2, 0.25) is 0 Å². The zero-order valence-electron chi connectivity index (χ0n) is 11.7. The minimum atomic E-state index is -0.277. The van der Waals surface area contributed by atoms with E-state index < -0.39 is 0 Å². The molecule has 0 bridgehead atoms. The number of aryl methyl sites for hydroxylation is 1. The second-order valence-electron chi connectivity index (χ2n) is 5.34. The minimum absolute atomic E-state index is 0.0498. The second kappa shape index (κ2) is 5.67. The van der Waals surface area contributed by atoms with E-state index in [0.717, 1.165) is 11.1 Å². The number of carbonyl (C=O) groups excluding carboxylic acids is 1. The van der Waals surface area contributed by atoms with E-state index in [1.807, 2.05) is 26.0 Å². The van der Waals surface area contributed by atoms with E-state index in [4.69, 9.17) is 0 Å². The molecule has 1 rings (SSSR count). The number of anilines is 1. The number of rotatable bonds is 2. The highest BCUT2D eigenvalue weighted by molar-refractivity contribution is 5.89. The van der Waals surface area contributed by atoms with Gasteiger partial charge < -0.3 is 5.32 Å². The summed E-state index contributed by atoms with van der Waals surface area (Å²) in [5, 5.41) is 5.42. The summed E-state index contributed by atoms with van der Waals surface area (Å²) in [6.45, 7) is 10.2. The van der Waals surface area contributed by atoms with Gasteiger partial charge in [-0.15, -0.1) is 0 Å². The fourth-order valence-corrected chi connectivity index (χ4v) is 1.15. The van der Waals surface area contributed by atoms with Gasteiger partial charge in [0.1, 0.15) is 5.82 Å². The first-order valence-electron chi connectivity index (χ1n) is 5.97. The van der Waals surface area contributed by atoms with Crippen LogP contribution in [0.25, 0.3) is 0 Å². The van der Waals surface area contributed by atoms with E-state index in [-0.39, 0.29) is 11.4 Å². The highest BCUT2D eigenvalue weighted by Gasteiger charge is 2.12. The van der Waals surface area contributed by atoms with Crippen LogP contribution in [0.5, 0.6) is 0 Å². The van der Waals surface area contributed by atoms with Crippen LogP contribution in [0.3, 0.4) is 0 Å². The van der Waals surface area contributed by atoms with Gasteiger partial charge in [-0.25, -0.2) is 9.78 Å². The molecule has 0 aliphatic carbocycles. The Morgan fingerprint density at radius 1 is 1.39 bits per heavy atom. The van der Waals surface area contributed by atoms with Gasteiger partial charge in [-0.1, -0.05) is 32.4 Å². The van der Waals surface area contributed by atoms with Crippen molar-refractivity contribution in [3.63, 3.8) is 0 Å². The van der Waals surface area contributed by atoms with Gasteiger partial charge in [-0.05, 0) is 30.9 Å². The van der Waals surface area contributed by atoms with Gasteiger partial charge in [0.25, 0.3) is 0 Å². The molecule has 1 aromatic heterocycles. The van der Waals surface area contributed by atoms with Gasteiger partial charge >= 0.3 is 6.03 Å². The predicted octanol–water partition coefficient (Wildman–Crippen LogP) is 3.46. The lowest BCUT2D eigenvalue weighted by molar-refractivity contribution is 0.255. The van der Waals surface area contributed by atoms with Crippen molar-refractivity contribution in [1.29, 1.82) is 0 Å². The molecule has 0 aromatic carbocycles.